The summed E-state index contributed by atoms with van der Waals surface area (Å²) < 4.78 is 0. The second kappa shape index (κ2) is 6.05. The fourth-order valence-electron chi connectivity index (χ4n) is 3.62. The predicted octanol–water partition coefficient (Wildman–Crippen LogP) is 2.54. The summed E-state index contributed by atoms with van der Waals surface area (Å²) in [6.07, 6.45) is 7.76. The van der Waals surface area contributed by atoms with Crippen LogP contribution in [0.15, 0.2) is 0 Å². The fraction of sp³-hybridized carbons (Fsp3) is 0.933. The molecule has 0 spiro atoms. The third kappa shape index (κ3) is 3.05. The van der Waals surface area contributed by atoms with Crippen molar-refractivity contribution >= 4 is 5.91 Å². The molecule has 2 fully saturated rings. The Kier molecular flexibility index (Phi) is 4.66. The molecule has 2 N–H and O–H groups in total. The summed E-state index contributed by atoms with van der Waals surface area (Å²) in [5, 5.41) is 0. The first-order valence-electron chi connectivity index (χ1n) is 7.64. The molecule has 0 aromatic rings. The fourth-order valence-corrected chi connectivity index (χ4v) is 3.62. The molecule has 3 heteroatoms. The van der Waals surface area contributed by atoms with Gasteiger partial charge in [0.2, 0.25) is 5.91 Å². The van der Waals surface area contributed by atoms with Crippen molar-refractivity contribution in [2.45, 2.75) is 70.9 Å². The topological polar surface area (TPSA) is 46.3 Å². The van der Waals surface area contributed by atoms with Crippen molar-refractivity contribution in [1.82, 2.24) is 4.90 Å². The highest BCUT2D eigenvalue weighted by molar-refractivity contribution is 5.77. The predicted molar refractivity (Wildman–Crippen MR) is 74.1 cm³/mol. The highest BCUT2D eigenvalue weighted by Gasteiger charge is 2.32. The lowest BCUT2D eigenvalue weighted by Gasteiger charge is -2.39. The van der Waals surface area contributed by atoms with Crippen LogP contribution >= 0.6 is 0 Å². The van der Waals surface area contributed by atoms with Crippen molar-refractivity contribution < 1.29 is 4.79 Å². The molecule has 3 atom stereocenters. The van der Waals surface area contributed by atoms with Crippen molar-refractivity contribution in [2.24, 2.45) is 17.6 Å². The number of carbonyl (C=O) groups is 1. The van der Waals surface area contributed by atoms with Gasteiger partial charge in [-0.15, -0.1) is 0 Å². The van der Waals surface area contributed by atoms with Gasteiger partial charge in [-0.25, -0.2) is 0 Å². The number of rotatable bonds is 3. The Morgan fingerprint density at radius 2 is 2.00 bits per heavy atom. The van der Waals surface area contributed by atoms with Gasteiger partial charge < -0.3 is 10.6 Å². The summed E-state index contributed by atoms with van der Waals surface area (Å²) in [5.41, 5.74) is 6.08. The van der Waals surface area contributed by atoms with Crippen LogP contribution in [0.3, 0.4) is 0 Å². The maximum atomic E-state index is 12.5. The van der Waals surface area contributed by atoms with Crippen LogP contribution < -0.4 is 5.73 Å². The zero-order valence-electron chi connectivity index (χ0n) is 11.9. The van der Waals surface area contributed by atoms with Crippen LogP contribution in [0.5, 0.6) is 0 Å². The molecule has 1 amide bonds. The van der Waals surface area contributed by atoms with Crippen LogP contribution in [0.1, 0.15) is 58.8 Å². The first kappa shape index (κ1) is 13.9. The lowest BCUT2D eigenvalue weighted by Crippen LogP contribution is -2.47. The molecule has 1 unspecified atom stereocenters. The molecule has 18 heavy (non-hydrogen) atoms. The molecule has 2 aliphatic rings. The smallest absolute Gasteiger partial charge is 0.223 e. The summed E-state index contributed by atoms with van der Waals surface area (Å²) in [6, 6.07) is 0.722. The van der Waals surface area contributed by atoms with Gasteiger partial charge >= 0.3 is 0 Å². The van der Waals surface area contributed by atoms with Gasteiger partial charge in [0.05, 0.1) is 0 Å². The second-order valence-corrected chi connectivity index (χ2v) is 6.45. The average molecular weight is 252 g/mol. The lowest BCUT2D eigenvalue weighted by atomic mass is 9.91. The zero-order valence-corrected chi connectivity index (χ0v) is 11.9. The summed E-state index contributed by atoms with van der Waals surface area (Å²) in [7, 11) is 0. The molecule has 0 bridgehead atoms. The quantitative estimate of drug-likeness (QED) is 0.839. The SMILES string of the molecule is CC(C)C1CCCCN1C(=O)C[C@@H]1CCC[C@H]1N. The number of hydrogen-bond acceptors (Lipinski definition) is 2. The van der Waals surface area contributed by atoms with Gasteiger partial charge in [0.15, 0.2) is 0 Å². The highest BCUT2D eigenvalue weighted by Crippen LogP contribution is 2.30. The third-order valence-electron chi connectivity index (χ3n) is 4.79. The Balaban J connectivity index is 1.93. The van der Waals surface area contributed by atoms with E-state index in [1.165, 1.54) is 25.7 Å². The Hall–Kier alpha value is -0.570. The molecule has 1 aliphatic heterocycles. The maximum absolute atomic E-state index is 12.5. The molecule has 0 aromatic heterocycles. The third-order valence-corrected chi connectivity index (χ3v) is 4.79. The zero-order chi connectivity index (χ0) is 13.1. The van der Waals surface area contributed by atoms with E-state index in [9.17, 15) is 4.79 Å². The van der Waals surface area contributed by atoms with Crippen LogP contribution in [0, 0.1) is 11.8 Å². The van der Waals surface area contributed by atoms with Gasteiger partial charge in [0, 0.05) is 25.0 Å². The van der Waals surface area contributed by atoms with Crippen LogP contribution in [0.2, 0.25) is 0 Å². The summed E-state index contributed by atoms with van der Waals surface area (Å²) in [4.78, 5) is 14.6. The molecule has 1 heterocycles. The molecule has 2 rings (SSSR count). The molecule has 0 radical (unpaired) electrons. The molecule has 104 valence electrons. The Morgan fingerprint density at radius 3 is 2.61 bits per heavy atom. The number of nitrogens with two attached hydrogens (primary N) is 1. The van der Waals surface area contributed by atoms with E-state index in [0.29, 0.717) is 30.2 Å². The van der Waals surface area contributed by atoms with Crippen LogP contribution in [-0.2, 0) is 4.79 Å². The van der Waals surface area contributed by atoms with E-state index >= 15 is 0 Å². The number of piperidine rings is 1. The van der Waals surface area contributed by atoms with E-state index in [2.05, 4.69) is 18.7 Å². The van der Waals surface area contributed by atoms with E-state index < -0.39 is 0 Å². The van der Waals surface area contributed by atoms with Gasteiger partial charge in [-0.1, -0.05) is 20.3 Å². The lowest BCUT2D eigenvalue weighted by molar-refractivity contribution is -0.137. The van der Waals surface area contributed by atoms with Crippen molar-refractivity contribution in [3.63, 3.8) is 0 Å². The second-order valence-electron chi connectivity index (χ2n) is 6.45. The minimum atomic E-state index is 0.260. The molecule has 1 saturated heterocycles. The van der Waals surface area contributed by atoms with Gasteiger partial charge in [0.1, 0.15) is 0 Å². The van der Waals surface area contributed by atoms with E-state index in [1.54, 1.807) is 0 Å². The van der Waals surface area contributed by atoms with Crippen LogP contribution in [-0.4, -0.2) is 29.4 Å². The number of nitrogens with zero attached hydrogens (tertiary/aromatic N) is 1. The average Bonchev–Trinajstić information content (AvgIpc) is 2.75. The minimum absolute atomic E-state index is 0.260. The van der Waals surface area contributed by atoms with Gasteiger partial charge in [0.25, 0.3) is 0 Å². The van der Waals surface area contributed by atoms with E-state index in [4.69, 9.17) is 5.73 Å². The van der Waals surface area contributed by atoms with Crippen molar-refractivity contribution in [3.8, 4) is 0 Å². The normalized spacial score (nSPS) is 33.1. The standard InChI is InChI=1S/C15H28N2O/c1-11(2)14-8-3-4-9-17(14)15(18)10-12-6-5-7-13(12)16/h11-14H,3-10,16H2,1-2H3/t12-,13+,14?/m0/s1. The first-order valence-corrected chi connectivity index (χ1v) is 7.64. The number of carbonyl (C=O) groups excluding carboxylic acids is 1. The molecular formula is C15H28N2O. The van der Waals surface area contributed by atoms with Crippen LogP contribution in [0.4, 0.5) is 0 Å². The van der Waals surface area contributed by atoms with Crippen LogP contribution in [0.25, 0.3) is 0 Å². The summed E-state index contributed by atoms with van der Waals surface area (Å²) >= 11 is 0. The van der Waals surface area contributed by atoms with Crippen molar-refractivity contribution in [1.29, 1.82) is 0 Å². The number of hydrogen-bond donors (Lipinski definition) is 1. The van der Waals surface area contributed by atoms with Crippen molar-refractivity contribution in [2.75, 3.05) is 6.54 Å². The molecule has 1 saturated carbocycles. The molecule has 3 nitrogen and oxygen atoms in total. The van der Waals surface area contributed by atoms with E-state index in [0.717, 1.165) is 19.4 Å². The molecule has 0 aromatic carbocycles. The van der Waals surface area contributed by atoms with Crippen molar-refractivity contribution in [3.05, 3.63) is 0 Å². The maximum Gasteiger partial charge on any atom is 0.223 e. The monoisotopic (exact) mass is 252 g/mol. The number of amides is 1. The summed E-state index contributed by atoms with van der Waals surface area (Å²) in [6.45, 7) is 5.43. The van der Waals surface area contributed by atoms with Gasteiger partial charge in [-0.2, -0.15) is 0 Å². The molecular weight excluding hydrogens is 224 g/mol. The first-order chi connectivity index (χ1) is 8.59. The Labute approximate surface area is 111 Å². The Morgan fingerprint density at radius 1 is 1.22 bits per heavy atom. The minimum Gasteiger partial charge on any atom is -0.339 e. The Bertz CT molecular complexity index is 290. The highest BCUT2D eigenvalue weighted by atomic mass is 16.2. The van der Waals surface area contributed by atoms with Gasteiger partial charge in [-0.3, -0.25) is 4.79 Å². The number of likely N-dealkylation sites (tertiary alicyclic amines) is 1. The van der Waals surface area contributed by atoms with E-state index in [1.807, 2.05) is 0 Å². The summed E-state index contributed by atoms with van der Waals surface area (Å²) in [5.74, 6) is 1.37. The molecule has 1 aliphatic carbocycles. The largest absolute Gasteiger partial charge is 0.339 e. The van der Waals surface area contributed by atoms with Gasteiger partial charge in [-0.05, 0) is 43.9 Å². The van der Waals surface area contributed by atoms with E-state index in [-0.39, 0.29) is 6.04 Å².